The highest BCUT2D eigenvalue weighted by Gasteiger charge is 2.35. The fourth-order valence-corrected chi connectivity index (χ4v) is 1.72. The fraction of sp³-hybridized carbons (Fsp3) is 0.583. The number of carbonyl (C=O) groups excluding carboxylic acids is 1. The van der Waals surface area contributed by atoms with Gasteiger partial charge in [0.15, 0.2) is 0 Å². The van der Waals surface area contributed by atoms with E-state index in [-0.39, 0.29) is 13.1 Å². The highest BCUT2D eigenvalue weighted by molar-refractivity contribution is 5.79. The number of halogens is 3. The predicted octanol–water partition coefficient (Wildman–Crippen LogP) is 2.16. The topological polar surface area (TPSA) is 59.5 Å². The second kappa shape index (κ2) is 6.60. The molecule has 0 aliphatic rings. The van der Waals surface area contributed by atoms with Crippen LogP contribution in [0.3, 0.4) is 0 Å². The molecule has 0 spiro atoms. The van der Waals surface area contributed by atoms with Gasteiger partial charge in [-0.1, -0.05) is 6.92 Å². The summed E-state index contributed by atoms with van der Waals surface area (Å²) >= 11 is 0. The van der Waals surface area contributed by atoms with Crippen molar-refractivity contribution in [2.24, 2.45) is 11.7 Å². The van der Waals surface area contributed by atoms with E-state index in [0.717, 1.165) is 4.90 Å². The molecule has 0 aliphatic heterocycles. The van der Waals surface area contributed by atoms with Crippen LogP contribution in [0.1, 0.15) is 19.1 Å². The van der Waals surface area contributed by atoms with E-state index < -0.39 is 24.5 Å². The summed E-state index contributed by atoms with van der Waals surface area (Å²) in [4.78, 5) is 12.7. The molecule has 7 heteroatoms. The average Bonchev–Trinajstić information content (AvgIpc) is 2.80. The minimum Gasteiger partial charge on any atom is -0.467 e. The van der Waals surface area contributed by atoms with Gasteiger partial charge in [0.05, 0.1) is 18.7 Å². The molecule has 1 aromatic rings. The largest absolute Gasteiger partial charge is 0.467 e. The lowest BCUT2D eigenvalue weighted by Gasteiger charge is -2.26. The van der Waals surface area contributed by atoms with Gasteiger partial charge in [-0.25, -0.2) is 0 Å². The van der Waals surface area contributed by atoms with Crippen molar-refractivity contribution >= 4 is 5.91 Å². The summed E-state index contributed by atoms with van der Waals surface area (Å²) in [5, 5.41) is 0. The summed E-state index contributed by atoms with van der Waals surface area (Å²) in [5.41, 5.74) is 5.41. The quantitative estimate of drug-likeness (QED) is 0.867. The lowest BCUT2D eigenvalue weighted by molar-refractivity contribution is -0.165. The first-order valence-electron chi connectivity index (χ1n) is 5.95. The molecule has 0 saturated carbocycles. The maximum Gasteiger partial charge on any atom is 0.406 e. The molecule has 108 valence electrons. The van der Waals surface area contributed by atoms with Gasteiger partial charge in [-0.05, 0) is 18.6 Å². The molecular weight excluding hydrogens is 261 g/mol. The second-order valence-electron chi connectivity index (χ2n) is 4.23. The number of nitrogens with zero attached hydrogens (tertiary/aromatic N) is 1. The smallest absolute Gasteiger partial charge is 0.406 e. The number of hydrogen-bond acceptors (Lipinski definition) is 3. The molecule has 0 bridgehead atoms. The van der Waals surface area contributed by atoms with E-state index in [9.17, 15) is 18.0 Å². The van der Waals surface area contributed by atoms with Crippen molar-refractivity contribution in [2.75, 3.05) is 13.1 Å². The zero-order valence-corrected chi connectivity index (χ0v) is 10.6. The molecule has 2 N–H and O–H groups in total. The van der Waals surface area contributed by atoms with Crippen molar-refractivity contribution in [3.63, 3.8) is 0 Å². The molecule has 19 heavy (non-hydrogen) atoms. The first-order chi connectivity index (χ1) is 8.87. The molecule has 1 unspecified atom stereocenters. The van der Waals surface area contributed by atoms with Crippen molar-refractivity contribution in [3.05, 3.63) is 24.2 Å². The third kappa shape index (κ3) is 4.94. The van der Waals surface area contributed by atoms with Gasteiger partial charge in [-0.15, -0.1) is 0 Å². The van der Waals surface area contributed by atoms with Crippen LogP contribution >= 0.6 is 0 Å². The Morgan fingerprint density at radius 3 is 2.63 bits per heavy atom. The highest BCUT2D eigenvalue weighted by Crippen LogP contribution is 2.20. The van der Waals surface area contributed by atoms with Crippen molar-refractivity contribution in [1.82, 2.24) is 4.90 Å². The molecule has 0 saturated heterocycles. The molecule has 1 atom stereocenters. The van der Waals surface area contributed by atoms with E-state index in [1.165, 1.54) is 12.3 Å². The number of nitrogens with two attached hydrogens (primary N) is 1. The molecule has 1 rings (SSSR count). The number of amides is 1. The maximum absolute atomic E-state index is 12.5. The zero-order chi connectivity index (χ0) is 14.5. The van der Waals surface area contributed by atoms with E-state index in [1.54, 1.807) is 13.0 Å². The SMILES string of the molecule is CCC(CN)C(=O)N(Cc1ccco1)CC(F)(F)F. The first-order valence-corrected chi connectivity index (χ1v) is 5.95. The lowest BCUT2D eigenvalue weighted by Crippen LogP contribution is -2.43. The van der Waals surface area contributed by atoms with Gasteiger partial charge in [-0.2, -0.15) is 13.2 Å². The minimum absolute atomic E-state index is 0.0296. The van der Waals surface area contributed by atoms with Gasteiger partial charge in [0.2, 0.25) is 5.91 Å². The van der Waals surface area contributed by atoms with Gasteiger partial charge < -0.3 is 15.1 Å². The van der Waals surface area contributed by atoms with Crippen LogP contribution in [0, 0.1) is 5.92 Å². The number of carbonyl (C=O) groups is 1. The molecule has 1 aromatic heterocycles. The normalized spacial score (nSPS) is 13.3. The summed E-state index contributed by atoms with van der Waals surface area (Å²) in [6, 6.07) is 3.09. The fourth-order valence-electron chi connectivity index (χ4n) is 1.72. The Kier molecular flexibility index (Phi) is 5.41. The van der Waals surface area contributed by atoms with Gasteiger partial charge in [0.25, 0.3) is 0 Å². The zero-order valence-electron chi connectivity index (χ0n) is 10.6. The minimum atomic E-state index is -4.45. The number of alkyl halides is 3. The lowest BCUT2D eigenvalue weighted by atomic mass is 10.1. The van der Waals surface area contributed by atoms with Crippen molar-refractivity contribution in [2.45, 2.75) is 26.1 Å². The summed E-state index contributed by atoms with van der Waals surface area (Å²) in [7, 11) is 0. The van der Waals surface area contributed by atoms with E-state index in [1.807, 2.05) is 0 Å². The highest BCUT2D eigenvalue weighted by atomic mass is 19.4. The van der Waals surface area contributed by atoms with Crippen LogP contribution in [0.25, 0.3) is 0 Å². The van der Waals surface area contributed by atoms with Gasteiger partial charge in [-0.3, -0.25) is 4.79 Å². The Labute approximate surface area is 109 Å². The Balaban J connectivity index is 2.82. The van der Waals surface area contributed by atoms with E-state index in [2.05, 4.69) is 0 Å². The van der Waals surface area contributed by atoms with Crippen LogP contribution in [-0.4, -0.2) is 30.1 Å². The Hall–Kier alpha value is -1.50. The number of furan rings is 1. The molecule has 1 amide bonds. The van der Waals surface area contributed by atoms with Crippen LogP contribution in [0.4, 0.5) is 13.2 Å². The van der Waals surface area contributed by atoms with E-state index in [4.69, 9.17) is 10.2 Å². The molecule has 0 fully saturated rings. The van der Waals surface area contributed by atoms with Gasteiger partial charge in [0, 0.05) is 6.54 Å². The Morgan fingerprint density at radius 1 is 1.53 bits per heavy atom. The molecule has 4 nitrogen and oxygen atoms in total. The predicted molar refractivity (Wildman–Crippen MR) is 63.0 cm³/mol. The summed E-state index contributed by atoms with van der Waals surface area (Å²) in [6.07, 6.45) is -2.69. The average molecular weight is 278 g/mol. The Bertz CT molecular complexity index is 386. The van der Waals surface area contributed by atoms with Crippen LogP contribution < -0.4 is 5.73 Å². The molecule has 1 heterocycles. The summed E-state index contributed by atoms with van der Waals surface area (Å²) in [6.45, 7) is 0.237. The van der Waals surface area contributed by atoms with Gasteiger partial charge >= 0.3 is 6.18 Å². The van der Waals surface area contributed by atoms with E-state index in [0.29, 0.717) is 12.2 Å². The maximum atomic E-state index is 12.5. The molecule has 0 aromatic carbocycles. The monoisotopic (exact) mass is 278 g/mol. The van der Waals surface area contributed by atoms with Crippen LogP contribution in [-0.2, 0) is 11.3 Å². The van der Waals surface area contributed by atoms with Crippen molar-refractivity contribution in [3.8, 4) is 0 Å². The van der Waals surface area contributed by atoms with Crippen LogP contribution in [0.2, 0.25) is 0 Å². The van der Waals surface area contributed by atoms with Crippen molar-refractivity contribution < 1.29 is 22.4 Å². The van der Waals surface area contributed by atoms with Crippen molar-refractivity contribution in [1.29, 1.82) is 0 Å². The van der Waals surface area contributed by atoms with Gasteiger partial charge in [0.1, 0.15) is 12.3 Å². The van der Waals surface area contributed by atoms with Crippen LogP contribution in [0.5, 0.6) is 0 Å². The first kappa shape index (κ1) is 15.6. The summed E-state index contributed by atoms with van der Waals surface area (Å²) in [5.74, 6) is -0.888. The Morgan fingerprint density at radius 2 is 2.21 bits per heavy atom. The number of hydrogen-bond donors (Lipinski definition) is 1. The second-order valence-corrected chi connectivity index (χ2v) is 4.23. The third-order valence-electron chi connectivity index (χ3n) is 2.74. The standard InChI is InChI=1S/C12H17F3N2O2/c1-2-9(6-16)11(18)17(8-12(13,14)15)7-10-4-3-5-19-10/h3-5,9H,2,6-8,16H2,1H3. The summed E-state index contributed by atoms with van der Waals surface area (Å²) < 4.78 is 42.5. The van der Waals surface area contributed by atoms with Crippen LogP contribution in [0.15, 0.2) is 22.8 Å². The molecule has 0 radical (unpaired) electrons. The molecular formula is C12H17F3N2O2. The molecule has 0 aliphatic carbocycles. The number of rotatable bonds is 6. The third-order valence-corrected chi connectivity index (χ3v) is 2.74. The van der Waals surface area contributed by atoms with E-state index >= 15 is 0 Å².